The molecule has 2 aromatic carbocycles. The van der Waals surface area contributed by atoms with Crippen molar-refractivity contribution < 1.29 is 19.1 Å². The molecule has 2 aromatic rings. The second-order valence-electron chi connectivity index (χ2n) is 6.82. The van der Waals surface area contributed by atoms with Crippen LogP contribution in [0.5, 0.6) is 0 Å². The van der Waals surface area contributed by atoms with E-state index in [4.69, 9.17) is 4.74 Å². The summed E-state index contributed by atoms with van der Waals surface area (Å²) in [5.41, 5.74) is 2.87. The van der Waals surface area contributed by atoms with Crippen LogP contribution in [0.4, 0.5) is 5.69 Å². The van der Waals surface area contributed by atoms with Gasteiger partial charge in [0.05, 0.1) is 0 Å². The van der Waals surface area contributed by atoms with Gasteiger partial charge in [0.1, 0.15) is 0 Å². The summed E-state index contributed by atoms with van der Waals surface area (Å²) in [5.74, 6) is -0.803. The molecule has 0 unspecified atom stereocenters. The maximum Gasteiger partial charge on any atom is 0.306 e. The van der Waals surface area contributed by atoms with Gasteiger partial charge in [-0.15, -0.1) is 0 Å². The van der Waals surface area contributed by atoms with Gasteiger partial charge in [-0.2, -0.15) is 0 Å². The number of nitrogens with one attached hydrogen (secondary N) is 2. The quantitative estimate of drug-likeness (QED) is 0.450. The Bertz CT molecular complexity index is 806. The first kappa shape index (κ1) is 22.1. The van der Waals surface area contributed by atoms with Crippen LogP contribution in [0.2, 0.25) is 0 Å². The summed E-state index contributed by atoms with van der Waals surface area (Å²) in [5, 5.41) is 5.53. The van der Waals surface area contributed by atoms with Crippen LogP contribution in [0, 0.1) is 0 Å². The van der Waals surface area contributed by atoms with E-state index < -0.39 is 5.97 Å². The molecule has 0 aliphatic heterocycles. The van der Waals surface area contributed by atoms with Crippen molar-refractivity contribution in [3.63, 3.8) is 0 Å². The molecule has 0 aliphatic rings. The maximum atomic E-state index is 12.2. The normalized spacial score (nSPS) is 10.2. The molecule has 0 saturated carbocycles. The van der Waals surface area contributed by atoms with Gasteiger partial charge in [-0.3, -0.25) is 14.4 Å². The van der Waals surface area contributed by atoms with Crippen LogP contribution in [0.1, 0.15) is 43.7 Å². The van der Waals surface area contributed by atoms with E-state index in [1.807, 2.05) is 54.6 Å². The van der Waals surface area contributed by atoms with Crippen molar-refractivity contribution in [3.8, 4) is 0 Å². The number of para-hydroxylation sites is 1. The van der Waals surface area contributed by atoms with Gasteiger partial charge in [0.15, 0.2) is 6.61 Å². The standard InChI is InChI=1S/C23H28N2O4/c1-18(26)24-15-9-3-6-14-23(28)29-17-22(27)25-21-13-8-7-12-20(21)16-19-10-4-2-5-11-19/h2,4-5,7-8,10-13H,3,6,9,14-17H2,1H3,(H,24,26)(H,25,27). The first-order chi connectivity index (χ1) is 14.0. The molecule has 154 valence electrons. The Balaban J connectivity index is 1.71. The summed E-state index contributed by atoms with van der Waals surface area (Å²) in [4.78, 5) is 34.7. The molecule has 0 saturated heterocycles. The molecule has 2 N–H and O–H groups in total. The lowest BCUT2D eigenvalue weighted by Gasteiger charge is -2.11. The molecule has 0 aromatic heterocycles. The number of ether oxygens (including phenoxy) is 1. The largest absolute Gasteiger partial charge is 0.456 e. The Kier molecular flexibility index (Phi) is 9.42. The fraction of sp³-hybridized carbons (Fsp3) is 0.348. The zero-order chi connectivity index (χ0) is 20.9. The summed E-state index contributed by atoms with van der Waals surface area (Å²) in [6, 6.07) is 17.6. The monoisotopic (exact) mass is 396 g/mol. The molecule has 0 aliphatic carbocycles. The van der Waals surface area contributed by atoms with Crippen LogP contribution in [0.15, 0.2) is 54.6 Å². The number of hydrogen-bond donors (Lipinski definition) is 2. The number of carbonyl (C=O) groups is 3. The number of hydrogen-bond acceptors (Lipinski definition) is 4. The number of esters is 1. The van der Waals surface area contributed by atoms with Gasteiger partial charge in [0.2, 0.25) is 5.91 Å². The van der Waals surface area contributed by atoms with Gasteiger partial charge in [-0.25, -0.2) is 0 Å². The van der Waals surface area contributed by atoms with Crippen molar-refractivity contribution in [3.05, 3.63) is 65.7 Å². The fourth-order valence-corrected chi connectivity index (χ4v) is 2.85. The minimum absolute atomic E-state index is 0.0548. The van der Waals surface area contributed by atoms with Crippen molar-refractivity contribution in [1.29, 1.82) is 0 Å². The average molecular weight is 396 g/mol. The van der Waals surface area contributed by atoms with Crippen molar-refractivity contribution in [2.45, 2.75) is 39.0 Å². The number of amides is 2. The molecule has 0 atom stereocenters. The molecule has 6 heteroatoms. The molecular weight excluding hydrogens is 368 g/mol. The van der Waals surface area contributed by atoms with Gasteiger partial charge >= 0.3 is 5.97 Å². The topological polar surface area (TPSA) is 84.5 Å². The zero-order valence-electron chi connectivity index (χ0n) is 16.8. The third-order valence-corrected chi connectivity index (χ3v) is 4.32. The van der Waals surface area contributed by atoms with Crippen LogP contribution in [0.25, 0.3) is 0 Å². The maximum absolute atomic E-state index is 12.2. The van der Waals surface area contributed by atoms with E-state index in [1.54, 1.807) is 0 Å². The van der Waals surface area contributed by atoms with E-state index in [1.165, 1.54) is 6.92 Å². The molecule has 0 bridgehead atoms. The minimum Gasteiger partial charge on any atom is -0.456 e. The molecular formula is C23H28N2O4. The Morgan fingerprint density at radius 2 is 1.62 bits per heavy atom. The van der Waals surface area contributed by atoms with Crippen LogP contribution in [0.3, 0.4) is 0 Å². The van der Waals surface area contributed by atoms with Crippen LogP contribution in [-0.2, 0) is 25.5 Å². The number of rotatable bonds is 11. The highest BCUT2D eigenvalue weighted by atomic mass is 16.5. The number of anilines is 1. The average Bonchev–Trinajstić information content (AvgIpc) is 2.71. The Labute approximate surface area is 171 Å². The van der Waals surface area contributed by atoms with Gasteiger partial charge in [0, 0.05) is 25.6 Å². The smallest absolute Gasteiger partial charge is 0.306 e. The molecule has 2 amide bonds. The van der Waals surface area contributed by atoms with E-state index in [2.05, 4.69) is 10.6 Å². The van der Waals surface area contributed by atoms with Gasteiger partial charge in [0.25, 0.3) is 5.91 Å². The Hall–Kier alpha value is -3.15. The lowest BCUT2D eigenvalue weighted by atomic mass is 10.0. The fourth-order valence-electron chi connectivity index (χ4n) is 2.85. The van der Waals surface area contributed by atoms with Crippen molar-refractivity contribution >= 4 is 23.5 Å². The molecule has 0 spiro atoms. The van der Waals surface area contributed by atoms with E-state index >= 15 is 0 Å². The predicted molar refractivity (Wildman–Crippen MR) is 112 cm³/mol. The van der Waals surface area contributed by atoms with Crippen LogP contribution in [-0.4, -0.2) is 30.9 Å². The summed E-state index contributed by atoms with van der Waals surface area (Å²) in [7, 11) is 0. The number of carbonyl (C=O) groups excluding carboxylic acids is 3. The summed E-state index contributed by atoms with van der Waals surface area (Å²) in [6.07, 6.45) is 3.26. The Morgan fingerprint density at radius 1 is 0.897 bits per heavy atom. The van der Waals surface area contributed by atoms with Gasteiger partial charge in [-0.1, -0.05) is 55.0 Å². The molecule has 2 rings (SSSR count). The summed E-state index contributed by atoms with van der Waals surface area (Å²) >= 11 is 0. The van der Waals surface area contributed by atoms with Crippen molar-refractivity contribution in [1.82, 2.24) is 5.32 Å². The molecule has 6 nitrogen and oxygen atoms in total. The van der Waals surface area contributed by atoms with Crippen molar-refractivity contribution in [2.24, 2.45) is 0 Å². The van der Waals surface area contributed by atoms with Gasteiger partial charge in [-0.05, 0) is 36.5 Å². The second kappa shape index (κ2) is 12.3. The van der Waals surface area contributed by atoms with E-state index in [-0.39, 0.29) is 24.8 Å². The third kappa shape index (κ3) is 9.06. The molecule has 0 fully saturated rings. The number of benzene rings is 2. The lowest BCUT2D eigenvalue weighted by Crippen LogP contribution is -2.22. The van der Waals surface area contributed by atoms with E-state index in [0.29, 0.717) is 19.4 Å². The third-order valence-electron chi connectivity index (χ3n) is 4.32. The zero-order valence-corrected chi connectivity index (χ0v) is 16.8. The molecule has 0 radical (unpaired) electrons. The number of unbranched alkanes of at least 4 members (excludes halogenated alkanes) is 2. The highest BCUT2D eigenvalue weighted by Crippen LogP contribution is 2.19. The Morgan fingerprint density at radius 3 is 2.38 bits per heavy atom. The first-order valence-electron chi connectivity index (χ1n) is 9.86. The molecule has 0 heterocycles. The van der Waals surface area contributed by atoms with Crippen LogP contribution >= 0.6 is 0 Å². The van der Waals surface area contributed by atoms with Crippen LogP contribution < -0.4 is 10.6 Å². The summed E-state index contributed by atoms with van der Waals surface area (Å²) in [6.45, 7) is 1.78. The predicted octanol–water partition coefficient (Wildman–Crippen LogP) is 3.46. The lowest BCUT2D eigenvalue weighted by molar-refractivity contribution is -0.147. The van der Waals surface area contributed by atoms with E-state index in [9.17, 15) is 14.4 Å². The first-order valence-corrected chi connectivity index (χ1v) is 9.86. The molecule has 29 heavy (non-hydrogen) atoms. The SMILES string of the molecule is CC(=O)NCCCCCC(=O)OCC(=O)Nc1ccccc1Cc1ccccc1. The highest BCUT2D eigenvalue weighted by molar-refractivity contribution is 5.93. The highest BCUT2D eigenvalue weighted by Gasteiger charge is 2.10. The van der Waals surface area contributed by atoms with E-state index in [0.717, 1.165) is 29.7 Å². The van der Waals surface area contributed by atoms with Gasteiger partial charge < -0.3 is 15.4 Å². The minimum atomic E-state index is -0.391. The second-order valence-corrected chi connectivity index (χ2v) is 6.82. The summed E-state index contributed by atoms with van der Waals surface area (Å²) < 4.78 is 5.06. The van der Waals surface area contributed by atoms with Crippen molar-refractivity contribution in [2.75, 3.05) is 18.5 Å².